The number of benzene rings is 2. The lowest BCUT2D eigenvalue weighted by atomic mass is 10.1. The molecule has 0 aromatic heterocycles. The number of hydrogen-bond donors (Lipinski definition) is 0. The van der Waals surface area contributed by atoms with Crippen LogP contribution in [-0.4, -0.2) is 80.5 Å². The second-order valence-electron chi connectivity index (χ2n) is 8.47. The predicted molar refractivity (Wildman–Crippen MR) is 132 cm³/mol. The molecule has 4 rings (SSSR count). The van der Waals surface area contributed by atoms with Crippen LogP contribution >= 0.6 is 11.8 Å². The number of anilines is 1. The van der Waals surface area contributed by atoms with E-state index in [0.29, 0.717) is 37.5 Å². The average Bonchev–Trinajstić information content (AvgIpc) is 2.97. The molecule has 1 atom stereocenters. The van der Waals surface area contributed by atoms with Crippen molar-refractivity contribution in [3.05, 3.63) is 59.9 Å². The van der Waals surface area contributed by atoms with Crippen molar-refractivity contribution in [2.45, 2.75) is 23.6 Å². The van der Waals surface area contributed by atoms with Gasteiger partial charge in [-0.25, -0.2) is 12.8 Å². The van der Waals surface area contributed by atoms with Gasteiger partial charge in [-0.2, -0.15) is 4.31 Å². The largest absolute Gasteiger partial charge is 0.379 e. The normalized spacial score (nSPS) is 21.3. The number of piperazine rings is 1. The van der Waals surface area contributed by atoms with Crippen LogP contribution in [0, 0.1) is 5.82 Å². The molecule has 2 fully saturated rings. The summed E-state index contributed by atoms with van der Waals surface area (Å²) in [6, 6.07) is 14.6. The number of sulfonamides is 1. The molecule has 2 saturated heterocycles. The minimum Gasteiger partial charge on any atom is -0.379 e. The Morgan fingerprint density at radius 1 is 1.09 bits per heavy atom. The topological polar surface area (TPSA) is 70.2 Å². The van der Waals surface area contributed by atoms with Crippen molar-refractivity contribution in [3.63, 3.8) is 0 Å². The lowest BCUT2D eigenvalue weighted by Crippen LogP contribution is -2.48. The first kappa shape index (κ1) is 25.0. The van der Waals surface area contributed by atoms with Gasteiger partial charge >= 0.3 is 0 Å². The smallest absolute Gasteiger partial charge is 0.220 e. The van der Waals surface area contributed by atoms with E-state index in [1.165, 1.54) is 22.1 Å². The van der Waals surface area contributed by atoms with E-state index < -0.39 is 21.1 Å². The molecule has 184 valence electrons. The van der Waals surface area contributed by atoms with E-state index in [-0.39, 0.29) is 32.2 Å². The van der Waals surface area contributed by atoms with Crippen LogP contribution in [0.1, 0.15) is 12.5 Å². The van der Waals surface area contributed by atoms with Gasteiger partial charge in [0, 0.05) is 68.1 Å². The van der Waals surface area contributed by atoms with Crippen LogP contribution in [-0.2, 0) is 26.1 Å². The van der Waals surface area contributed by atoms with Crippen molar-refractivity contribution in [1.29, 1.82) is 0 Å². The SMILES string of the molecule is CC(=O)N1CCN(c2ccc(CN3CCOCC(CSc4ccccc4)S3(=O)=O)c(F)c2)CC1. The van der Waals surface area contributed by atoms with Gasteiger partial charge in [-0.15, -0.1) is 11.8 Å². The molecule has 34 heavy (non-hydrogen) atoms. The average molecular weight is 508 g/mol. The van der Waals surface area contributed by atoms with Crippen LogP contribution in [0.25, 0.3) is 0 Å². The van der Waals surface area contributed by atoms with E-state index in [4.69, 9.17) is 4.74 Å². The zero-order valence-corrected chi connectivity index (χ0v) is 20.9. The van der Waals surface area contributed by atoms with Gasteiger partial charge in [0.25, 0.3) is 0 Å². The first-order valence-corrected chi connectivity index (χ1v) is 13.9. The fraction of sp³-hybridized carbons (Fsp3) is 0.458. The number of carbonyl (C=O) groups is 1. The van der Waals surface area contributed by atoms with Gasteiger partial charge in [0.05, 0.1) is 13.2 Å². The van der Waals surface area contributed by atoms with Crippen LogP contribution in [0.5, 0.6) is 0 Å². The molecule has 0 radical (unpaired) electrons. The van der Waals surface area contributed by atoms with Gasteiger partial charge in [-0.05, 0) is 24.3 Å². The van der Waals surface area contributed by atoms with E-state index in [9.17, 15) is 13.2 Å². The molecule has 0 bridgehead atoms. The molecular formula is C24H30FN3O4S2. The first-order chi connectivity index (χ1) is 16.3. The maximum Gasteiger partial charge on any atom is 0.220 e. The molecule has 0 aliphatic carbocycles. The molecule has 10 heteroatoms. The first-order valence-electron chi connectivity index (χ1n) is 11.4. The van der Waals surface area contributed by atoms with Crippen molar-refractivity contribution in [1.82, 2.24) is 9.21 Å². The number of hydrogen-bond acceptors (Lipinski definition) is 6. The minimum absolute atomic E-state index is 0.0254. The number of amides is 1. The molecular weight excluding hydrogens is 477 g/mol. The Bertz CT molecular complexity index is 1090. The lowest BCUT2D eigenvalue weighted by Gasteiger charge is -2.35. The quantitative estimate of drug-likeness (QED) is 0.560. The predicted octanol–water partition coefficient (Wildman–Crippen LogP) is 2.82. The molecule has 2 heterocycles. The zero-order valence-electron chi connectivity index (χ0n) is 19.2. The second kappa shape index (κ2) is 11.1. The molecule has 0 saturated carbocycles. The summed E-state index contributed by atoms with van der Waals surface area (Å²) in [4.78, 5) is 16.3. The minimum atomic E-state index is -3.66. The second-order valence-corrected chi connectivity index (χ2v) is 11.8. The molecule has 2 aromatic rings. The molecule has 1 amide bonds. The summed E-state index contributed by atoms with van der Waals surface area (Å²) >= 11 is 1.48. The van der Waals surface area contributed by atoms with Crippen molar-refractivity contribution in [2.24, 2.45) is 0 Å². The highest BCUT2D eigenvalue weighted by molar-refractivity contribution is 8.00. The highest BCUT2D eigenvalue weighted by atomic mass is 32.2. The lowest BCUT2D eigenvalue weighted by molar-refractivity contribution is -0.129. The third-order valence-corrected chi connectivity index (χ3v) is 9.78. The number of carbonyl (C=O) groups excluding carboxylic acids is 1. The highest BCUT2D eigenvalue weighted by Gasteiger charge is 2.35. The number of rotatable bonds is 6. The fourth-order valence-corrected chi connectivity index (χ4v) is 7.20. The van der Waals surface area contributed by atoms with E-state index in [1.807, 2.05) is 41.3 Å². The monoisotopic (exact) mass is 507 g/mol. The summed E-state index contributed by atoms with van der Waals surface area (Å²) in [6.07, 6.45) is 0. The van der Waals surface area contributed by atoms with Gasteiger partial charge in [0.2, 0.25) is 15.9 Å². The zero-order chi connectivity index (χ0) is 24.1. The molecule has 2 aromatic carbocycles. The number of ether oxygens (including phenoxy) is 1. The van der Waals surface area contributed by atoms with Gasteiger partial charge < -0.3 is 14.5 Å². The Morgan fingerprint density at radius 2 is 1.82 bits per heavy atom. The summed E-state index contributed by atoms with van der Waals surface area (Å²) in [5, 5.41) is -0.694. The summed E-state index contributed by atoms with van der Waals surface area (Å²) < 4.78 is 48.7. The van der Waals surface area contributed by atoms with Crippen LogP contribution < -0.4 is 4.90 Å². The molecule has 2 aliphatic heterocycles. The van der Waals surface area contributed by atoms with Gasteiger partial charge in [-0.1, -0.05) is 24.3 Å². The standard InChI is InChI=1S/C24H30FN3O4S2/c1-19(29)26-9-11-27(12-10-26)21-8-7-20(24(25)15-21)16-28-13-14-32-17-23(34(28,30)31)18-33-22-5-3-2-4-6-22/h2-8,15,23H,9-14,16-18H2,1H3. The van der Waals surface area contributed by atoms with E-state index in [1.54, 1.807) is 17.9 Å². The Kier molecular flexibility index (Phi) is 8.13. The Labute approximate surface area is 204 Å². The highest BCUT2D eigenvalue weighted by Crippen LogP contribution is 2.26. The van der Waals surface area contributed by atoms with Crippen LogP contribution in [0.2, 0.25) is 0 Å². The van der Waals surface area contributed by atoms with Crippen LogP contribution in [0.15, 0.2) is 53.4 Å². The van der Waals surface area contributed by atoms with Gasteiger partial charge in [0.1, 0.15) is 11.1 Å². The van der Waals surface area contributed by atoms with E-state index in [0.717, 1.165) is 10.6 Å². The molecule has 1 unspecified atom stereocenters. The Morgan fingerprint density at radius 3 is 2.50 bits per heavy atom. The van der Waals surface area contributed by atoms with E-state index >= 15 is 4.39 Å². The van der Waals surface area contributed by atoms with Crippen LogP contribution in [0.3, 0.4) is 0 Å². The molecule has 0 N–H and O–H groups in total. The fourth-order valence-electron chi connectivity index (χ4n) is 4.14. The molecule has 7 nitrogen and oxygen atoms in total. The summed E-state index contributed by atoms with van der Waals surface area (Å²) in [7, 11) is -3.66. The maximum atomic E-state index is 15.0. The Hall–Kier alpha value is -2.14. The maximum absolute atomic E-state index is 15.0. The van der Waals surface area contributed by atoms with Crippen molar-refractivity contribution in [2.75, 3.05) is 56.6 Å². The molecule has 0 spiro atoms. The number of thioether (sulfide) groups is 1. The third kappa shape index (κ3) is 5.91. The van der Waals surface area contributed by atoms with Crippen molar-refractivity contribution >= 4 is 33.4 Å². The third-order valence-electron chi connectivity index (χ3n) is 6.22. The van der Waals surface area contributed by atoms with Crippen LogP contribution in [0.4, 0.5) is 10.1 Å². The van der Waals surface area contributed by atoms with Gasteiger partial charge in [0.15, 0.2) is 0 Å². The summed E-state index contributed by atoms with van der Waals surface area (Å²) in [5.74, 6) is -0.0115. The van der Waals surface area contributed by atoms with Gasteiger partial charge in [-0.3, -0.25) is 4.79 Å². The van der Waals surface area contributed by atoms with Crippen molar-refractivity contribution in [3.8, 4) is 0 Å². The van der Waals surface area contributed by atoms with E-state index in [2.05, 4.69) is 0 Å². The van der Waals surface area contributed by atoms with Crippen molar-refractivity contribution < 1.29 is 22.3 Å². The Balaban J connectivity index is 1.43. The number of halogens is 1. The summed E-state index contributed by atoms with van der Waals surface area (Å²) in [6.45, 7) is 4.62. The summed E-state index contributed by atoms with van der Waals surface area (Å²) in [5.41, 5.74) is 1.08. The molecule has 2 aliphatic rings. The number of nitrogens with zero attached hydrogens (tertiary/aromatic N) is 3.